The van der Waals surface area contributed by atoms with Gasteiger partial charge in [-0.15, -0.1) is 0 Å². The SMILES string of the molecule is CCCNC(c1c(OC)cnn1CC)C1(C)CCCC1. The maximum Gasteiger partial charge on any atom is 0.161 e. The second-order valence-corrected chi connectivity index (χ2v) is 6.16. The summed E-state index contributed by atoms with van der Waals surface area (Å²) >= 11 is 0. The Kier molecular flexibility index (Phi) is 5.08. The molecule has 1 aromatic rings. The zero-order valence-corrected chi connectivity index (χ0v) is 13.4. The molecule has 1 fully saturated rings. The molecule has 0 aliphatic heterocycles. The third kappa shape index (κ3) is 2.85. The van der Waals surface area contributed by atoms with E-state index in [2.05, 4.69) is 35.9 Å². The van der Waals surface area contributed by atoms with E-state index in [0.29, 0.717) is 11.5 Å². The topological polar surface area (TPSA) is 39.1 Å². The lowest BCUT2D eigenvalue weighted by Crippen LogP contribution is -2.36. The second-order valence-electron chi connectivity index (χ2n) is 6.16. The molecule has 4 heteroatoms. The van der Waals surface area contributed by atoms with E-state index in [1.54, 1.807) is 7.11 Å². The van der Waals surface area contributed by atoms with Gasteiger partial charge in [0.15, 0.2) is 5.75 Å². The molecule has 0 amide bonds. The van der Waals surface area contributed by atoms with Crippen LogP contribution in [0.25, 0.3) is 0 Å². The molecule has 0 radical (unpaired) electrons. The normalized spacial score (nSPS) is 19.2. The first kappa shape index (κ1) is 15.4. The Labute approximate surface area is 122 Å². The maximum atomic E-state index is 5.57. The summed E-state index contributed by atoms with van der Waals surface area (Å²) in [5, 5.41) is 8.25. The summed E-state index contributed by atoms with van der Waals surface area (Å²) in [6, 6.07) is 0.336. The van der Waals surface area contributed by atoms with Gasteiger partial charge in [0.1, 0.15) is 0 Å². The maximum absolute atomic E-state index is 5.57. The standard InChI is InChI=1S/C16H29N3O/c1-5-11-17-15(16(3)9-7-8-10-16)14-13(20-4)12-18-19(14)6-2/h12,15,17H,5-11H2,1-4H3. The summed E-state index contributed by atoms with van der Waals surface area (Å²) in [5.74, 6) is 0.925. The van der Waals surface area contributed by atoms with Gasteiger partial charge in [0.05, 0.1) is 25.0 Å². The first-order valence-corrected chi connectivity index (χ1v) is 7.99. The van der Waals surface area contributed by atoms with Crippen LogP contribution >= 0.6 is 0 Å². The van der Waals surface area contributed by atoms with Crippen LogP contribution in [0.15, 0.2) is 6.20 Å². The van der Waals surface area contributed by atoms with Gasteiger partial charge >= 0.3 is 0 Å². The summed E-state index contributed by atoms with van der Waals surface area (Å²) in [7, 11) is 1.74. The van der Waals surface area contributed by atoms with E-state index in [0.717, 1.165) is 25.3 Å². The first-order valence-electron chi connectivity index (χ1n) is 7.99. The van der Waals surface area contributed by atoms with E-state index >= 15 is 0 Å². The summed E-state index contributed by atoms with van der Waals surface area (Å²) < 4.78 is 7.66. The fourth-order valence-electron chi connectivity index (χ4n) is 3.51. The highest BCUT2D eigenvalue weighted by atomic mass is 16.5. The van der Waals surface area contributed by atoms with Crippen molar-refractivity contribution in [3.8, 4) is 5.75 Å². The third-order valence-electron chi connectivity index (χ3n) is 4.68. The summed E-state index contributed by atoms with van der Waals surface area (Å²) in [6.45, 7) is 8.70. The minimum Gasteiger partial charge on any atom is -0.493 e. The van der Waals surface area contributed by atoms with Gasteiger partial charge in [-0.1, -0.05) is 26.7 Å². The molecule has 1 aliphatic rings. The van der Waals surface area contributed by atoms with Gasteiger partial charge in [0, 0.05) is 6.54 Å². The molecule has 1 aliphatic carbocycles. The minimum atomic E-state index is 0.315. The van der Waals surface area contributed by atoms with Gasteiger partial charge < -0.3 is 10.1 Å². The largest absolute Gasteiger partial charge is 0.493 e. The Balaban J connectivity index is 2.37. The number of hydrogen-bond acceptors (Lipinski definition) is 3. The summed E-state index contributed by atoms with van der Waals surface area (Å²) in [4.78, 5) is 0. The highest BCUT2D eigenvalue weighted by Gasteiger charge is 2.40. The van der Waals surface area contributed by atoms with E-state index in [1.165, 1.54) is 31.4 Å². The van der Waals surface area contributed by atoms with Crippen molar-refractivity contribution in [3.63, 3.8) is 0 Å². The molecular formula is C16H29N3O. The van der Waals surface area contributed by atoms with Crippen molar-refractivity contribution in [2.75, 3.05) is 13.7 Å². The molecular weight excluding hydrogens is 250 g/mol. The van der Waals surface area contributed by atoms with Gasteiger partial charge in [0.25, 0.3) is 0 Å². The van der Waals surface area contributed by atoms with Crippen LogP contribution in [-0.4, -0.2) is 23.4 Å². The molecule has 0 spiro atoms. The molecule has 1 unspecified atom stereocenters. The Morgan fingerprint density at radius 1 is 1.40 bits per heavy atom. The quantitative estimate of drug-likeness (QED) is 0.830. The van der Waals surface area contributed by atoms with Crippen LogP contribution in [0.4, 0.5) is 0 Å². The fraction of sp³-hybridized carbons (Fsp3) is 0.812. The minimum absolute atomic E-state index is 0.315. The molecule has 1 saturated carbocycles. The zero-order chi connectivity index (χ0) is 14.6. The predicted octanol–water partition coefficient (Wildman–Crippen LogP) is 3.53. The Bertz CT molecular complexity index is 400. The number of nitrogens with zero attached hydrogens (tertiary/aromatic N) is 2. The molecule has 114 valence electrons. The van der Waals surface area contributed by atoms with Gasteiger partial charge in [-0.2, -0.15) is 5.10 Å². The fourth-order valence-corrected chi connectivity index (χ4v) is 3.51. The van der Waals surface area contributed by atoms with Crippen LogP contribution in [0.5, 0.6) is 5.75 Å². The number of nitrogens with one attached hydrogen (secondary N) is 1. The lowest BCUT2D eigenvalue weighted by Gasteiger charge is -2.35. The van der Waals surface area contributed by atoms with Crippen molar-refractivity contribution in [2.24, 2.45) is 5.41 Å². The van der Waals surface area contributed by atoms with Crippen LogP contribution in [-0.2, 0) is 6.54 Å². The average molecular weight is 279 g/mol. The lowest BCUT2D eigenvalue weighted by molar-refractivity contribution is 0.208. The molecule has 0 bridgehead atoms. The van der Waals surface area contributed by atoms with Crippen molar-refractivity contribution < 1.29 is 4.74 Å². The van der Waals surface area contributed by atoms with Crippen LogP contribution in [0.3, 0.4) is 0 Å². The van der Waals surface area contributed by atoms with Crippen LogP contribution in [0.2, 0.25) is 0 Å². The van der Waals surface area contributed by atoms with Crippen LogP contribution in [0, 0.1) is 5.41 Å². The monoisotopic (exact) mass is 279 g/mol. The second kappa shape index (κ2) is 6.61. The Morgan fingerprint density at radius 3 is 2.65 bits per heavy atom. The molecule has 2 rings (SSSR count). The molecule has 0 saturated heterocycles. The van der Waals surface area contributed by atoms with Gasteiger partial charge in [-0.05, 0) is 38.1 Å². The van der Waals surface area contributed by atoms with Crippen molar-refractivity contribution in [1.29, 1.82) is 0 Å². The van der Waals surface area contributed by atoms with Gasteiger partial charge in [-0.25, -0.2) is 0 Å². The van der Waals surface area contributed by atoms with Crippen molar-refractivity contribution in [1.82, 2.24) is 15.1 Å². The van der Waals surface area contributed by atoms with E-state index in [-0.39, 0.29) is 0 Å². The van der Waals surface area contributed by atoms with Gasteiger partial charge in [-0.3, -0.25) is 4.68 Å². The number of methoxy groups -OCH3 is 1. The Hall–Kier alpha value is -1.03. The molecule has 1 heterocycles. The van der Waals surface area contributed by atoms with Crippen molar-refractivity contribution >= 4 is 0 Å². The Morgan fingerprint density at radius 2 is 2.10 bits per heavy atom. The number of ether oxygens (including phenoxy) is 1. The van der Waals surface area contributed by atoms with Crippen molar-refractivity contribution in [3.05, 3.63) is 11.9 Å². The predicted molar refractivity (Wildman–Crippen MR) is 82.1 cm³/mol. The first-order chi connectivity index (χ1) is 9.66. The van der Waals surface area contributed by atoms with Crippen molar-refractivity contribution in [2.45, 2.75) is 65.5 Å². The average Bonchev–Trinajstić information content (AvgIpc) is 3.06. The summed E-state index contributed by atoms with van der Waals surface area (Å²) in [6.07, 6.45) is 8.25. The molecule has 1 atom stereocenters. The zero-order valence-electron chi connectivity index (χ0n) is 13.4. The van der Waals surface area contributed by atoms with E-state index in [1.807, 2.05) is 6.20 Å². The highest BCUT2D eigenvalue weighted by Crippen LogP contribution is 2.48. The third-order valence-corrected chi connectivity index (χ3v) is 4.68. The van der Waals surface area contributed by atoms with Crippen LogP contribution < -0.4 is 10.1 Å². The smallest absolute Gasteiger partial charge is 0.161 e. The number of hydrogen-bond donors (Lipinski definition) is 1. The molecule has 0 aromatic carbocycles. The van der Waals surface area contributed by atoms with Gasteiger partial charge in [0.2, 0.25) is 0 Å². The molecule has 1 N–H and O–H groups in total. The number of rotatable bonds is 7. The molecule has 20 heavy (non-hydrogen) atoms. The number of aryl methyl sites for hydroxylation is 1. The molecule has 1 aromatic heterocycles. The lowest BCUT2D eigenvalue weighted by atomic mass is 9.78. The highest BCUT2D eigenvalue weighted by molar-refractivity contribution is 5.30. The van der Waals surface area contributed by atoms with E-state index in [4.69, 9.17) is 4.74 Å². The van der Waals surface area contributed by atoms with E-state index < -0.39 is 0 Å². The number of aromatic nitrogens is 2. The molecule has 4 nitrogen and oxygen atoms in total. The van der Waals surface area contributed by atoms with E-state index in [9.17, 15) is 0 Å². The van der Waals surface area contributed by atoms with Crippen LogP contribution in [0.1, 0.15) is 64.6 Å². The summed E-state index contributed by atoms with van der Waals surface area (Å²) in [5.41, 5.74) is 1.54.